The summed E-state index contributed by atoms with van der Waals surface area (Å²) in [7, 11) is -4.30. The first-order valence-corrected chi connectivity index (χ1v) is 10.3. The Morgan fingerprint density at radius 3 is 2.42 bits per heavy atom. The van der Waals surface area contributed by atoms with Crippen molar-refractivity contribution in [3.8, 4) is 0 Å². The summed E-state index contributed by atoms with van der Waals surface area (Å²) in [5.74, 6) is -1.13. The number of hydrogen-bond donors (Lipinski definition) is 0. The van der Waals surface area contributed by atoms with Gasteiger partial charge in [-0.15, -0.1) is 0 Å². The molecule has 31 heavy (non-hydrogen) atoms. The van der Waals surface area contributed by atoms with E-state index in [1.54, 1.807) is 0 Å². The molecule has 0 N–H and O–H groups in total. The number of benzene rings is 2. The third kappa shape index (κ3) is 3.72. The van der Waals surface area contributed by atoms with Gasteiger partial charge in [-0.1, -0.05) is 12.1 Å². The fourth-order valence-corrected chi connectivity index (χ4v) is 4.86. The average molecular weight is 451 g/mol. The summed E-state index contributed by atoms with van der Waals surface area (Å²) in [6.45, 7) is -0.483. The van der Waals surface area contributed by atoms with E-state index in [0.717, 1.165) is 17.0 Å². The number of fused-ring (bicyclic) bond motifs is 1. The number of amides is 2. The van der Waals surface area contributed by atoms with Gasteiger partial charge in [-0.05, 0) is 48.0 Å². The van der Waals surface area contributed by atoms with Gasteiger partial charge in [-0.25, -0.2) is 17.6 Å². The van der Waals surface area contributed by atoms with Crippen molar-refractivity contribution < 1.29 is 30.8 Å². The number of alkyl halides is 3. The van der Waals surface area contributed by atoms with Crippen LogP contribution in [-0.4, -0.2) is 19.4 Å². The Kier molecular flexibility index (Phi) is 4.92. The van der Waals surface area contributed by atoms with Crippen LogP contribution in [0.4, 0.5) is 33.7 Å². The SMILES string of the molecule is O=C1N(Cc2cc(F)cc(C(F)(F)F)c2)c2ccccc2S(=O)(=O)N1c1cccnc1. The summed E-state index contributed by atoms with van der Waals surface area (Å²) in [6.07, 6.45) is -2.22. The Hall–Kier alpha value is -3.47. The lowest BCUT2D eigenvalue weighted by molar-refractivity contribution is -0.137. The summed E-state index contributed by atoms with van der Waals surface area (Å²) in [5.41, 5.74) is -1.43. The van der Waals surface area contributed by atoms with Crippen LogP contribution in [-0.2, 0) is 22.7 Å². The second-order valence-electron chi connectivity index (χ2n) is 6.66. The van der Waals surface area contributed by atoms with Gasteiger partial charge < -0.3 is 0 Å². The third-order valence-electron chi connectivity index (χ3n) is 4.58. The van der Waals surface area contributed by atoms with E-state index in [1.807, 2.05) is 0 Å². The third-order valence-corrected chi connectivity index (χ3v) is 6.33. The first kappa shape index (κ1) is 20.8. The number of halogens is 4. The Labute approximate surface area is 174 Å². The average Bonchev–Trinajstić information content (AvgIpc) is 2.71. The summed E-state index contributed by atoms with van der Waals surface area (Å²) in [4.78, 5) is 17.8. The molecule has 3 aromatic rings. The van der Waals surface area contributed by atoms with E-state index in [-0.39, 0.29) is 21.8 Å². The van der Waals surface area contributed by atoms with Crippen LogP contribution in [0.3, 0.4) is 0 Å². The lowest BCUT2D eigenvalue weighted by Gasteiger charge is -2.36. The standard InChI is InChI=1S/C20H13F4N3O3S/c21-15-9-13(8-14(10-15)20(22,23)24)12-26-17-5-1-2-6-18(17)31(29,30)27(19(26)28)16-4-3-7-25-11-16/h1-11H,12H2. The molecular weight excluding hydrogens is 438 g/mol. The smallest absolute Gasteiger partial charge is 0.287 e. The largest absolute Gasteiger partial charge is 0.416 e. The van der Waals surface area contributed by atoms with Crippen molar-refractivity contribution in [2.75, 3.05) is 9.21 Å². The topological polar surface area (TPSA) is 70.6 Å². The van der Waals surface area contributed by atoms with Crippen molar-refractivity contribution in [3.05, 3.63) is 83.9 Å². The molecule has 0 saturated heterocycles. The van der Waals surface area contributed by atoms with E-state index >= 15 is 0 Å². The molecule has 6 nitrogen and oxygen atoms in total. The molecule has 0 spiro atoms. The highest BCUT2D eigenvalue weighted by Gasteiger charge is 2.42. The van der Waals surface area contributed by atoms with Crippen molar-refractivity contribution in [3.63, 3.8) is 0 Å². The van der Waals surface area contributed by atoms with Gasteiger partial charge in [0, 0.05) is 6.20 Å². The molecular formula is C20H13F4N3O3S. The number of carbonyl (C=O) groups excluding carboxylic acids is 1. The molecule has 0 unspecified atom stereocenters. The lowest BCUT2D eigenvalue weighted by Crippen LogP contribution is -2.50. The second-order valence-corrected chi connectivity index (χ2v) is 8.42. The minimum Gasteiger partial charge on any atom is -0.287 e. The van der Waals surface area contributed by atoms with Gasteiger partial charge in [0.25, 0.3) is 10.0 Å². The fourth-order valence-electron chi connectivity index (χ4n) is 3.28. The second kappa shape index (κ2) is 7.34. The number of para-hydroxylation sites is 1. The van der Waals surface area contributed by atoms with Crippen LogP contribution in [0.5, 0.6) is 0 Å². The van der Waals surface area contributed by atoms with Crippen LogP contribution < -0.4 is 9.21 Å². The number of carbonyl (C=O) groups is 1. The molecule has 1 aliphatic heterocycles. The molecule has 0 radical (unpaired) electrons. The number of anilines is 2. The predicted molar refractivity (Wildman–Crippen MR) is 103 cm³/mol. The predicted octanol–water partition coefficient (Wildman–Crippen LogP) is 4.58. The van der Waals surface area contributed by atoms with E-state index in [2.05, 4.69) is 4.98 Å². The Balaban J connectivity index is 1.85. The number of aromatic nitrogens is 1. The minimum atomic E-state index is -4.79. The number of pyridine rings is 1. The quantitative estimate of drug-likeness (QED) is 0.547. The molecule has 160 valence electrons. The zero-order valence-electron chi connectivity index (χ0n) is 15.5. The van der Waals surface area contributed by atoms with Crippen LogP contribution >= 0.6 is 0 Å². The maximum absolute atomic E-state index is 13.9. The monoisotopic (exact) mass is 451 g/mol. The van der Waals surface area contributed by atoms with Crippen molar-refractivity contribution in [1.29, 1.82) is 0 Å². The van der Waals surface area contributed by atoms with E-state index in [0.29, 0.717) is 10.4 Å². The molecule has 0 atom stereocenters. The van der Waals surface area contributed by atoms with Gasteiger partial charge in [0.05, 0.1) is 29.7 Å². The summed E-state index contributed by atoms with van der Waals surface area (Å²) < 4.78 is 79.8. The number of nitrogens with zero attached hydrogens (tertiary/aromatic N) is 3. The molecule has 2 amide bonds. The highest BCUT2D eigenvalue weighted by molar-refractivity contribution is 7.94. The highest BCUT2D eigenvalue weighted by atomic mass is 32.2. The van der Waals surface area contributed by atoms with Crippen molar-refractivity contribution in [1.82, 2.24) is 4.98 Å². The van der Waals surface area contributed by atoms with Crippen LogP contribution in [0.25, 0.3) is 0 Å². The highest BCUT2D eigenvalue weighted by Crippen LogP contribution is 2.38. The van der Waals surface area contributed by atoms with Gasteiger partial charge in [-0.3, -0.25) is 9.88 Å². The van der Waals surface area contributed by atoms with Crippen molar-refractivity contribution in [2.45, 2.75) is 17.6 Å². The molecule has 0 saturated carbocycles. The zero-order valence-corrected chi connectivity index (χ0v) is 16.4. The van der Waals surface area contributed by atoms with E-state index in [4.69, 9.17) is 0 Å². The normalized spacial score (nSPS) is 15.7. The molecule has 0 fully saturated rings. The Morgan fingerprint density at radius 1 is 1.00 bits per heavy atom. The van der Waals surface area contributed by atoms with Gasteiger partial charge in [0.2, 0.25) is 0 Å². The first-order valence-electron chi connectivity index (χ1n) is 8.81. The van der Waals surface area contributed by atoms with E-state index in [9.17, 15) is 30.8 Å². The van der Waals surface area contributed by atoms with E-state index in [1.165, 1.54) is 48.8 Å². The molecule has 0 bridgehead atoms. The zero-order chi connectivity index (χ0) is 22.4. The molecule has 11 heteroatoms. The fraction of sp³-hybridized carbons (Fsp3) is 0.100. The van der Waals surface area contributed by atoms with Crippen LogP contribution in [0.1, 0.15) is 11.1 Å². The summed E-state index contributed by atoms with van der Waals surface area (Å²) >= 11 is 0. The first-order chi connectivity index (χ1) is 14.6. The van der Waals surface area contributed by atoms with Gasteiger partial charge in [0.1, 0.15) is 10.7 Å². The van der Waals surface area contributed by atoms with Crippen LogP contribution in [0, 0.1) is 5.82 Å². The summed E-state index contributed by atoms with van der Waals surface area (Å²) in [6, 6.07) is 9.28. The maximum Gasteiger partial charge on any atom is 0.416 e. The number of rotatable bonds is 3. The maximum atomic E-state index is 13.9. The minimum absolute atomic E-state index is 0.0227. The molecule has 1 aromatic heterocycles. The lowest BCUT2D eigenvalue weighted by atomic mass is 10.1. The molecule has 2 heterocycles. The van der Waals surface area contributed by atoms with Gasteiger partial charge >= 0.3 is 12.2 Å². The number of sulfonamides is 1. The van der Waals surface area contributed by atoms with Gasteiger partial charge in [-0.2, -0.15) is 17.5 Å². The molecule has 0 aliphatic carbocycles. The molecule has 2 aromatic carbocycles. The van der Waals surface area contributed by atoms with Gasteiger partial charge in [0.15, 0.2) is 0 Å². The molecule has 1 aliphatic rings. The Morgan fingerprint density at radius 2 is 1.74 bits per heavy atom. The van der Waals surface area contributed by atoms with E-state index < -0.39 is 40.2 Å². The number of urea groups is 1. The summed E-state index contributed by atoms with van der Waals surface area (Å²) in [5, 5.41) is 0. The van der Waals surface area contributed by atoms with Crippen molar-refractivity contribution in [2.24, 2.45) is 0 Å². The Bertz CT molecular complexity index is 1260. The van der Waals surface area contributed by atoms with Crippen LogP contribution in [0.2, 0.25) is 0 Å². The molecule has 4 rings (SSSR count). The van der Waals surface area contributed by atoms with Crippen LogP contribution in [0.15, 0.2) is 71.9 Å². The van der Waals surface area contributed by atoms with Crippen molar-refractivity contribution >= 4 is 27.4 Å². The number of hydrogen-bond acceptors (Lipinski definition) is 4.